The molecule has 1 aliphatic heterocycles. The number of rotatable bonds is 2. The topological polar surface area (TPSA) is 46.3 Å². The Balaban J connectivity index is 2.38. The number of nitrogens with two attached hydrogens (primary N) is 1. The number of carbonyl (C=O) groups is 1. The van der Waals surface area contributed by atoms with Crippen LogP contribution in [0.2, 0.25) is 0 Å². The van der Waals surface area contributed by atoms with Crippen LogP contribution in [0, 0.1) is 0 Å². The average molecular weight is 272 g/mol. The molecule has 0 aliphatic carbocycles. The van der Waals surface area contributed by atoms with Crippen molar-refractivity contribution in [3.05, 3.63) is 35.4 Å². The number of likely N-dealkylation sites (N-methyl/N-ethyl adjacent to an activating group) is 1. The highest BCUT2D eigenvalue weighted by molar-refractivity contribution is 5.80. The fourth-order valence-electron chi connectivity index (χ4n) is 2.52. The lowest BCUT2D eigenvalue weighted by Gasteiger charge is -2.26. The van der Waals surface area contributed by atoms with Crippen molar-refractivity contribution in [1.29, 1.82) is 0 Å². The van der Waals surface area contributed by atoms with Crippen LogP contribution < -0.4 is 5.73 Å². The van der Waals surface area contributed by atoms with Gasteiger partial charge < -0.3 is 10.6 Å². The largest absolute Gasteiger partial charge is 0.416 e. The Bertz CT molecular complexity index is 487. The molecule has 19 heavy (non-hydrogen) atoms. The second-order valence-corrected chi connectivity index (χ2v) is 4.62. The number of amides is 1. The van der Waals surface area contributed by atoms with Crippen molar-refractivity contribution in [2.24, 2.45) is 5.73 Å². The minimum Gasteiger partial charge on any atom is -0.334 e. The van der Waals surface area contributed by atoms with Gasteiger partial charge in [-0.05, 0) is 24.6 Å². The first-order valence-electron chi connectivity index (χ1n) is 6.06. The van der Waals surface area contributed by atoms with Crippen LogP contribution in [0.25, 0.3) is 0 Å². The number of likely N-dealkylation sites (tertiary alicyclic amines) is 1. The van der Waals surface area contributed by atoms with Gasteiger partial charge in [-0.1, -0.05) is 12.1 Å². The van der Waals surface area contributed by atoms with Gasteiger partial charge in [-0.25, -0.2) is 0 Å². The average Bonchev–Trinajstić information content (AvgIpc) is 2.62. The van der Waals surface area contributed by atoms with Crippen molar-refractivity contribution in [3.8, 4) is 0 Å². The van der Waals surface area contributed by atoms with Crippen LogP contribution >= 0.6 is 0 Å². The number of nitrogens with zero attached hydrogens (tertiary/aromatic N) is 1. The summed E-state index contributed by atoms with van der Waals surface area (Å²) in [5.41, 5.74) is 5.61. The molecule has 1 heterocycles. The predicted octanol–water partition coefficient (Wildman–Crippen LogP) is 2.33. The summed E-state index contributed by atoms with van der Waals surface area (Å²) in [6, 6.07) is 4.09. The normalized spacial score (nSPS) is 24.1. The van der Waals surface area contributed by atoms with Crippen LogP contribution in [0.1, 0.15) is 30.5 Å². The Morgan fingerprint density at radius 1 is 1.42 bits per heavy atom. The zero-order valence-corrected chi connectivity index (χ0v) is 10.4. The van der Waals surface area contributed by atoms with Crippen LogP contribution in [0.4, 0.5) is 13.2 Å². The third-order valence-electron chi connectivity index (χ3n) is 3.37. The number of halogens is 3. The molecule has 0 bridgehead atoms. The van der Waals surface area contributed by atoms with Gasteiger partial charge in [-0.3, -0.25) is 4.79 Å². The second kappa shape index (κ2) is 4.85. The van der Waals surface area contributed by atoms with E-state index in [0.717, 1.165) is 12.1 Å². The lowest BCUT2D eigenvalue weighted by Crippen LogP contribution is -2.33. The Morgan fingerprint density at radius 2 is 2.11 bits per heavy atom. The van der Waals surface area contributed by atoms with Crippen molar-refractivity contribution < 1.29 is 18.0 Å². The Kier molecular flexibility index (Phi) is 3.54. The molecule has 1 aromatic rings. The number of hydrogen-bond acceptors (Lipinski definition) is 2. The summed E-state index contributed by atoms with van der Waals surface area (Å²) in [6.45, 7) is 2.23. The monoisotopic (exact) mass is 272 g/mol. The van der Waals surface area contributed by atoms with Crippen LogP contribution in [0.3, 0.4) is 0 Å². The predicted molar refractivity (Wildman–Crippen MR) is 64.2 cm³/mol. The van der Waals surface area contributed by atoms with E-state index in [1.807, 2.05) is 0 Å². The smallest absolute Gasteiger partial charge is 0.334 e. The van der Waals surface area contributed by atoms with Crippen molar-refractivity contribution in [3.63, 3.8) is 0 Å². The highest BCUT2D eigenvalue weighted by atomic mass is 19.4. The molecule has 2 unspecified atom stereocenters. The molecule has 2 rings (SSSR count). The third kappa shape index (κ3) is 2.58. The van der Waals surface area contributed by atoms with E-state index >= 15 is 0 Å². The summed E-state index contributed by atoms with van der Waals surface area (Å²) in [4.78, 5) is 13.2. The van der Waals surface area contributed by atoms with E-state index in [-0.39, 0.29) is 12.3 Å². The quantitative estimate of drug-likeness (QED) is 0.898. The van der Waals surface area contributed by atoms with Crippen LogP contribution in [0.5, 0.6) is 0 Å². The number of hydrogen-bond donors (Lipinski definition) is 1. The SMILES string of the molecule is CCN1C(=O)CC(N)C1c1cccc(C(F)(F)F)c1. The zero-order valence-electron chi connectivity index (χ0n) is 10.4. The first-order chi connectivity index (χ1) is 8.84. The van der Waals surface area contributed by atoms with Crippen LogP contribution in [-0.2, 0) is 11.0 Å². The Hall–Kier alpha value is -1.56. The highest BCUT2D eigenvalue weighted by Crippen LogP contribution is 2.35. The maximum Gasteiger partial charge on any atom is 0.416 e. The van der Waals surface area contributed by atoms with Gasteiger partial charge in [0.1, 0.15) is 0 Å². The van der Waals surface area contributed by atoms with Gasteiger partial charge in [0.25, 0.3) is 0 Å². The Morgan fingerprint density at radius 3 is 2.68 bits per heavy atom. The van der Waals surface area contributed by atoms with Crippen LogP contribution in [-0.4, -0.2) is 23.4 Å². The van der Waals surface area contributed by atoms with E-state index < -0.39 is 23.8 Å². The molecule has 3 nitrogen and oxygen atoms in total. The van der Waals surface area contributed by atoms with Gasteiger partial charge in [0.15, 0.2) is 0 Å². The van der Waals surface area contributed by atoms with Crippen LogP contribution in [0.15, 0.2) is 24.3 Å². The standard InChI is InChI=1S/C13H15F3N2O/c1-2-18-11(19)7-10(17)12(18)8-4-3-5-9(6-8)13(14,15)16/h3-6,10,12H,2,7,17H2,1H3. The first-order valence-corrected chi connectivity index (χ1v) is 6.06. The minimum absolute atomic E-state index is 0.114. The van der Waals surface area contributed by atoms with E-state index in [4.69, 9.17) is 5.73 Å². The van der Waals surface area contributed by atoms with Gasteiger partial charge in [0, 0.05) is 19.0 Å². The molecule has 1 fully saturated rings. The lowest BCUT2D eigenvalue weighted by molar-refractivity contribution is -0.137. The number of carbonyl (C=O) groups excluding carboxylic acids is 1. The molecule has 0 radical (unpaired) electrons. The van der Waals surface area contributed by atoms with Gasteiger partial charge in [-0.15, -0.1) is 0 Å². The van der Waals surface area contributed by atoms with Crippen molar-refractivity contribution in [2.75, 3.05) is 6.54 Å². The molecule has 6 heteroatoms. The summed E-state index contributed by atoms with van der Waals surface area (Å²) >= 11 is 0. The molecule has 2 atom stereocenters. The fraction of sp³-hybridized carbons (Fsp3) is 0.462. The minimum atomic E-state index is -4.39. The summed E-state index contributed by atoms with van der Waals surface area (Å²) in [5, 5.41) is 0. The fourth-order valence-corrected chi connectivity index (χ4v) is 2.52. The maximum atomic E-state index is 12.7. The summed E-state index contributed by atoms with van der Waals surface area (Å²) < 4.78 is 38.1. The third-order valence-corrected chi connectivity index (χ3v) is 3.37. The van der Waals surface area contributed by atoms with Crippen molar-refractivity contribution in [1.82, 2.24) is 4.90 Å². The van der Waals surface area contributed by atoms with Gasteiger partial charge in [0.05, 0.1) is 11.6 Å². The van der Waals surface area contributed by atoms with Crippen molar-refractivity contribution in [2.45, 2.75) is 31.6 Å². The molecule has 2 N–H and O–H groups in total. The van der Waals surface area contributed by atoms with E-state index in [2.05, 4.69) is 0 Å². The highest BCUT2D eigenvalue weighted by Gasteiger charge is 2.39. The second-order valence-electron chi connectivity index (χ2n) is 4.62. The lowest BCUT2D eigenvalue weighted by atomic mass is 9.98. The molecule has 1 saturated heterocycles. The number of benzene rings is 1. The molecule has 0 spiro atoms. The van der Waals surface area contributed by atoms with E-state index in [1.165, 1.54) is 11.0 Å². The van der Waals surface area contributed by atoms with E-state index in [1.54, 1.807) is 13.0 Å². The van der Waals surface area contributed by atoms with Gasteiger partial charge in [-0.2, -0.15) is 13.2 Å². The summed E-state index contributed by atoms with van der Waals surface area (Å²) in [7, 11) is 0. The summed E-state index contributed by atoms with van der Waals surface area (Å²) in [5.74, 6) is -0.114. The molecular formula is C13H15F3N2O. The molecule has 104 valence electrons. The Labute approximate surface area is 109 Å². The van der Waals surface area contributed by atoms with Gasteiger partial charge >= 0.3 is 6.18 Å². The molecule has 1 aromatic carbocycles. The molecule has 0 saturated carbocycles. The molecule has 0 aromatic heterocycles. The maximum absolute atomic E-state index is 12.7. The number of alkyl halides is 3. The molecule has 1 amide bonds. The van der Waals surface area contributed by atoms with E-state index in [9.17, 15) is 18.0 Å². The van der Waals surface area contributed by atoms with Crippen molar-refractivity contribution >= 4 is 5.91 Å². The van der Waals surface area contributed by atoms with Gasteiger partial charge in [0.2, 0.25) is 5.91 Å². The summed E-state index contributed by atoms with van der Waals surface area (Å²) in [6.07, 6.45) is -4.21. The molecular weight excluding hydrogens is 257 g/mol. The first kappa shape index (κ1) is 13.9. The molecule has 1 aliphatic rings. The zero-order chi connectivity index (χ0) is 14.2. The van der Waals surface area contributed by atoms with E-state index in [0.29, 0.717) is 12.1 Å².